The molecular weight excluding hydrogens is 422 g/mol. The lowest BCUT2D eigenvalue weighted by molar-refractivity contribution is 0.289. The number of ether oxygens (including phenoxy) is 1. The topological polar surface area (TPSA) is 100.0 Å². The number of hydrogen-bond acceptors (Lipinski definition) is 7. The highest BCUT2D eigenvalue weighted by Gasteiger charge is 2.11. The highest BCUT2D eigenvalue weighted by atomic mass is 79.9. The van der Waals surface area contributed by atoms with Crippen molar-refractivity contribution < 1.29 is 9.26 Å². The van der Waals surface area contributed by atoms with Gasteiger partial charge in [0.2, 0.25) is 5.88 Å². The molecule has 0 unspecified atom stereocenters. The van der Waals surface area contributed by atoms with Crippen LogP contribution in [0.3, 0.4) is 0 Å². The molecule has 0 spiro atoms. The fourth-order valence-corrected chi connectivity index (χ4v) is 3.02. The number of halogens is 1. The largest absolute Gasteiger partial charge is 0.471 e. The minimum Gasteiger partial charge on any atom is -0.471 e. The normalized spacial score (nSPS) is 10.8. The molecule has 2 N–H and O–H groups in total. The van der Waals surface area contributed by atoms with Gasteiger partial charge in [-0.15, -0.1) is 0 Å². The van der Waals surface area contributed by atoms with Crippen LogP contribution in [-0.2, 0) is 13.0 Å². The number of hydrogen-bond donors (Lipinski definition) is 1. The quantitative estimate of drug-likeness (QED) is 0.454. The molecule has 0 amide bonds. The Morgan fingerprint density at radius 2 is 1.96 bits per heavy atom. The van der Waals surface area contributed by atoms with Crippen LogP contribution in [-0.4, -0.2) is 20.1 Å². The van der Waals surface area contributed by atoms with E-state index in [1.807, 2.05) is 42.5 Å². The number of aromatic nitrogens is 4. The third-order valence-electron chi connectivity index (χ3n) is 3.99. The Balaban J connectivity index is 1.39. The lowest BCUT2D eigenvalue weighted by Crippen LogP contribution is -2.00. The lowest BCUT2D eigenvalue weighted by atomic mass is 10.1. The highest BCUT2D eigenvalue weighted by molar-refractivity contribution is 9.10. The number of anilines is 1. The van der Waals surface area contributed by atoms with Gasteiger partial charge < -0.3 is 15.0 Å². The molecular formula is C20H16BrN5O2. The number of nitrogens with two attached hydrogens (primary N) is 1. The first-order valence-electron chi connectivity index (χ1n) is 8.53. The summed E-state index contributed by atoms with van der Waals surface area (Å²) in [7, 11) is 0. The van der Waals surface area contributed by atoms with Crippen LogP contribution >= 0.6 is 15.9 Å². The summed E-state index contributed by atoms with van der Waals surface area (Å²) in [6.45, 7) is 0.352. The maximum atomic E-state index is 5.88. The SMILES string of the molecule is Nc1ncccc1-c1cc(Cc2ccc(OCc3cccc(Br)n3)nc2)no1. The van der Waals surface area contributed by atoms with Crippen LogP contribution in [0.15, 0.2) is 70.1 Å². The van der Waals surface area contributed by atoms with Gasteiger partial charge in [0.15, 0.2) is 5.76 Å². The average molecular weight is 438 g/mol. The van der Waals surface area contributed by atoms with Gasteiger partial charge in [-0.3, -0.25) is 0 Å². The summed E-state index contributed by atoms with van der Waals surface area (Å²) in [6, 6.07) is 15.0. The molecule has 0 saturated carbocycles. The molecule has 4 rings (SSSR count). The monoisotopic (exact) mass is 437 g/mol. The molecule has 0 aromatic carbocycles. The lowest BCUT2D eigenvalue weighted by Gasteiger charge is -2.05. The number of pyridine rings is 3. The zero-order valence-corrected chi connectivity index (χ0v) is 16.3. The van der Waals surface area contributed by atoms with Gasteiger partial charge in [0, 0.05) is 30.9 Å². The van der Waals surface area contributed by atoms with E-state index in [-0.39, 0.29) is 0 Å². The van der Waals surface area contributed by atoms with Crippen molar-refractivity contribution in [1.82, 2.24) is 20.1 Å². The van der Waals surface area contributed by atoms with Crippen molar-refractivity contribution in [3.63, 3.8) is 0 Å². The second kappa shape index (κ2) is 8.18. The molecule has 140 valence electrons. The van der Waals surface area contributed by atoms with Gasteiger partial charge in [-0.05, 0) is 45.8 Å². The van der Waals surface area contributed by atoms with Gasteiger partial charge in [0.25, 0.3) is 0 Å². The van der Waals surface area contributed by atoms with E-state index in [9.17, 15) is 0 Å². The third-order valence-corrected chi connectivity index (χ3v) is 4.43. The van der Waals surface area contributed by atoms with Crippen LogP contribution in [0.2, 0.25) is 0 Å². The fourth-order valence-electron chi connectivity index (χ4n) is 2.64. The molecule has 0 aliphatic carbocycles. The molecule has 0 aliphatic rings. The second-order valence-corrected chi connectivity index (χ2v) is 6.85. The molecule has 4 aromatic rings. The molecule has 8 heteroatoms. The molecule has 7 nitrogen and oxygen atoms in total. The fraction of sp³-hybridized carbons (Fsp3) is 0.100. The molecule has 0 radical (unpaired) electrons. The summed E-state index contributed by atoms with van der Waals surface area (Å²) < 4.78 is 11.9. The molecule has 0 aliphatic heterocycles. The van der Waals surface area contributed by atoms with Crippen molar-refractivity contribution >= 4 is 21.7 Å². The van der Waals surface area contributed by atoms with E-state index < -0.39 is 0 Å². The molecule has 0 bridgehead atoms. The number of rotatable bonds is 6. The molecule has 4 aromatic heterocycles. The van der Waals surface area contributed by atoms with Crippen molar-refractivity contribution in [3.8, 4) is 17.2 Å². The summed E-state index contributed by atoms with van der Waals surface area (Å²) >= 11 is 3.34. The van der Waals surface area contributed by atoms with E-state index in [0.29, 0.717) is 30.5 Å². The molecule has 4 heterocycles. The Labute approximate surface area is 169 Å². The smallest absolute Gasteiger partial charge is 0.213 e. The van der Waals surface area contributed by atoms with E-state index in [1.165, 1.54) is 0 Å². The van der Waals surface area contributed by atoms with Crippen molar-refractivity contribution in [1.29, 1.82) is 0 Å². The minimum absolute atomic E-state index is 0.352. The molecule has 28 heavy (non-hydrogen) atoms. The molecule has 0 atom stereocenters. The molecule has 0 fully saturated rings. The first-order valence-corrected chi connectivity index (χ1v) is 9.32. The number of nitrogens with zero attached hydrogens (tertiary/aromatic N) is 4. The summed E-state index contributed by atoms with van der Waals surface area (Å²) in [5.74, 6) is 1.54. The Kier molecular flexibility index (Phi) is 5.29. The standard InChI is InChI=1S/C20H16BrN5O2/c21-18-5-1-3-14(25-18)12-27-19-7-6-13(11-24-19)9-15-10-17(28-26-15)16-4-2-8-23-20(16)22/h1-8,10-11H,9,12H2,(H2,22,23). The zero-order chi connectivity index (χ0) is 19.3. The summed E-state index contributed by atoms with van der Waals surface area (Å²) in [4.78, 5) is 12.7. The van der Waals surface area contributed by atoms with Crippen molar-refractivity contribution in [2.75, 3.05) is 5.73 Å². The summed E-state index contributed by atoms with van der Waals surface area (Å²) in [5.41, 5.74) is 9.21. The van der Waals surface area contributed by atoms with Gasteiger partial charge >= 0.3 is 0 Å². The van der Waals surface area contributed by atoms with Crippen molar-refractivity contribution in [2.24, 2.45) is 0 Å². The van der Waals surface area contributed by atoms with E-state index >= 15 is 0 Å². The van der Waals surface area contributed by atoms with Crippen LogP contribution < -0.4 is 10.5 Å². The Hall–Kier alpha value is -3.26. The van der Waals surface area contributed by atoms with Gasteiger partial charge in [0.05, 0.1) is 17.0 Å². The predicted octanol–water partition coefficient (Wildman–Crippen LogP) is 4.04. The molecule has 0 saturated heterocycles. The van der Waals surface area contributed by atoms with Gasteiger partial charge in [-0.2, -0.15) is 0 Å². The van der Waals surface area contributed by atoms with E-state index in [4.69, 9.17) is 15.0 Å². The number of nitrogen functional groups attached to an aromatic ring is 1. The Morgan fingerprint density at radius 3 is 2.75 bits per heavy atom. The Morgan fingerprint density at radius 1 is 1.04 bits per heavy atom. The van der Waals surface area contributed by atoms with Crippen LogP contribution in [0.25, 0.3) is 11.3 Å². The predicted molar refractivity (Wildman–Crippen MR) is 107 cm³/mol. The van der Waals surface area contributed by atoms with Crippen LogP contribution in [0.5, 0.6) is 5.88 Å². The van der Waals surface area contributed by atoms with Gasteiger partial charge in [0.1, 0.15) is 17.0 Å². The van der Waals surface area contributed by atoms with Crippen LogP contribution in [0.4, 0.5) is 5.82 Å². The summed E-state index contributed by atoms with van der Waals surface area (Å²) in [6.07, 6.45) is 3.98. The third kappa shape index (κ3) is 4.34. The van der Waals surface area contributed by atoms with E-state index in [2.05, 4.69) is 36.0 Å². The minimum atomic E-state index is 0.352. The first kappa shape index (κ1) is 18.1. The van der Waals surface area contributed by atoms with Crippen molar-refractivity contribution in [3.05, 3.63) is 82.5 Å². The van der Waals surface area contributed by atoms with Crippen LogP contribution in [0.1, 0.15) is 17.0 Å². The average Bonchev–Trinajstić information content (AvgIpc) is 3.16. The highest BCUT2D eigenvalue weighted by Crippen LogP contribution is 2.25. The van der Waals surface area contributed by atoms with E-state index in [1.54, 1.807) is 18.5 Å². The van der Waals surface area contributed by atoms with Gasteiger partial charge in [-0.25, -0.2) is 15.0 Å². The maximum absolute atomic E-state index is 5.88. The van der Waals surface area contributed by atoms with Crippen LogP contribution in [0, 0.1) is 0 Å². The zero-order valence-electron chi connectivity index (χ0n) is 14.7. The summed E-state index contributed by atoms with van der Waals surface area (Å²) in [5, 5.41) is 4.11. The maximum Gasteiger partial charge on any atom is 0.213 e. The Bertz CT molecular complexity index is 1080. The van der Waals surface area contributed by atoms with Crippen molar-refractivity contribution in [2.45, 2.75) is 13.0 Å². The van der Waals surface area contributed by atoms with E-state index in [0.717, 1.165) is 27.1 Å². The first-order chi connectivity index (χ1) is 13.7. The second-order valence-electron chi connectivity index (χ2n) is 6.04. The van der Waals surface area contributed by atoms with Gasteiger partial charge in [-0.1, -0.05) is 17.3 Å².